The summed E-state index contributed by atoms with van der Waals surface area (Å²) < 4.78 is 1.28. The van der Waals surface area contributed by atoms with Gasteiger partial charge in [0.2, 0.25) is 0 Å². The van der Waals surface area contributed by atoms with Crippen molar-refractivity contribution in [2.75, 3.05) is 0 Å². The van der Waals surface area contributed by atoms with Crippen molar-refractivity contribution in [2.45, 2.75) is 0 Å². The number of benzene rings is 1. The fourth-order valence-electron chi connectivity index (χ4n) is 2.89. The van der Waals surface area contributed by atoms with Gasteiger partial charge in [0.25, 0.3) is 0 Å². The summed E-state index contributed by atoms with van der Waals surface area (Å²) in [7, 11) is 0. The third-order valence-corrected chi connectivity index (χ3v) is 4.94. The van der Waals surface area contributed by atoms with Crippen molar-refractivity contribution in [3.8, 4) is 11.1 Å². The first-order valence-corrected chi connectivity index (χ1v) is 8.38. The molecule has 4 rings (SSSR count). The van der Waals surface area contributed by atoms with Gasteiger partial charge in [-0.3, -0.25) is 4.79 Å². The molecule has 23 heavy (non-hydrogen) atoms. The van der Waals surface area contributed by atoms with E-state index in [1.165, 1.54) is 21.2 Å². The molecule has 0 atom stereocenters. The van der Waals surface area contributed by atoms with E-state index < -0.39 is 0 Å². The minimum absolute atomic E-state index is 0.0311. The van der Waals surface area contributed by atoms with E-state index >= 15 is 0 Å². The predicted octanol–water partition coefficient (Wildman–Crippen LogP) is 5.90. The Morgan fingerprint density at radius 1 is 0.826 bits per heavy atom. The second-order valence-electron chi connectivity index (χ2n) is 5.38. The van der Waals surface area contributed by atoms with Gasteiger partial charge in [-0.2, -0.15) is 0 Å². The number of allylic oxidation sites excluding steroid dienone is 1. The lowest BCUT2D eigenvalue weighted by molar-refractivity contribution is 0.104. The van der Waals surface area contributed by atoms with Crippen molar-refractivity contribution in [1.82, 2.24) is 0 Å². The lowest BCUT2D eigenvalue weighted by Gasteiger charge is -1.97. The quantitative estimate of drug-likeness (QED) is 0.340. The molecule has 0 saturated heterocycles. The molecule has 1 aromatic heterocycles. The Bertz CT molecular complexity index is 979. The molecule has 2 heteroatoms. The van der Waals surface area contributed by atoms with E-state index in [1.807, 2.05) is 48.5 Å². The van der Waals surface area contributed by atoms with Gasteiger partial charge in [0.1, 0.15) is 0 Å². The maximum absolute atomic E-state index is 12.3. The van der Waals surface area contributed by atoms with Crippen LogP contribution in [-0.4, -0.2) is 5.78 Å². The summed E-state index contributed by atoms with van der Waals surface area (Å²) >= 11 is 1.74. The van der Waals surface area contributed by atoms with Gasteiger partial charge in [-0.25, -0.2) is 0 Å². The molecule has 0 aliphatic heterocycles. The minimum atomic E-state index is 0.0311. The molecule has 1 nitrogen and oxygen atoms in total. The molecule has 2 aliphatic carbocycles. The second kappa shape index (κ2) is 5.82. The van der Waals surface area contributed by atoms with Crippen LogP contribution in [0.25, 0.3) is 27.3 Å². The summed E-state index contributed by atoms with van der Waals surface area (Å²) in [5.74, 6) is 0.0311. The van der Waals surface area contributed by atoms with Gasteiger partial charge in [-0.05, 0) is 34.7 Å². The van der Waals surface area contributed by atoms with Crippen LogP contribution in [-0.2, 0) is 0 Å². The molecule has 1 heterocycles. The molecule has 0 amide bonds. The van der Waals surface area contributed by atoms with E-state index in [0.717, 1.165) is 5.56 Å². The molecule has 0 N–H and O–H groups in total. The third kappa shape index (κ3) is 2.47. The standard InChI is InChI=1S/C21H14OS/c22-20(15-7-3-1-4-8-15)12-11-17-16-9-5-2-6-10-18(16)21-19(17)13-14-23-21/h1-14H/b12-11+. The van der Waals surface area contributed by atoms with Crippen molar-refractivity contribution in [3.63, 3.8) is 0 Å². The Morgan fingerprint density at radius 2 is 1.52 bits per heavy atom. The van der Waals surface area contributed by atoms with Crippen molar-refractivity contribution in [3.05, 3.63) is 89.3 Å². The highest BCUT2D eigenvalue weighted by Gasteiger charge is 2.15. The number of carbonyl (C=O) groups is 1. The second-order valence-corrected chi connectivity index (χ2v) is 6.29. The topological polar surface area (TPSA) is 17.1 Å². The zero-order valence-electron chi connectivity index (χ0n) is 12.4. The molecule has 0 radical (unpaired) electrons. The van der Waals surface area contributed by atoms with Crippen molar-refractivity contribution < 1.29 is 4.79 Å². The van der Waals surface area contributed by atoms with Crippen LogP contribution in [0.1, 0.15) is 15.9 Å². The highest BCUT2D eigenvalue weighted by Crippen LogP contribution is 2.42. The van der Waals surface area contributed by atoms with E-state index in [4.69, 9.17) is 0 Å². The van der Waals surface area contributed by atoms with E-state index in [0.29, 0.717) is 5.56 Å². The van der Waals surface area contributed by atoms with Crippen LogP contribution in [0.2, 0.25) is 0 Å². The highest BCUT2D eigenvalue weighted by molar-refractivity contribution is 7.18. The van der Waals surface area contributed by atoms with Gasteiger partial charge in [0, 0.05) is 21.2 Å². The van der Waals surface area contributed by atoms with Gasteiger partial charge in [0.05, 0.1) is 0 Å². The first kappa shape index (κ1) is 13.9. The van der Waals surface area contributed by atoms with Gasteiger partial charge in [-0.15, -0.1) is 11.3 Å². The number of ketones is 1. The number of rotatable bonds is 3. The number of carbonyl (C=O) groups excluding carboxylic acids is 1. The van der Waals surface area contributed by atoms with Crippen LogP contribution in [0.4, 0.5) is 0 Å². The monoisotopic (exact) mass is 314 g/mol. The normalized spacial score (nSPS) is 11.5. The van der Waals surface area contributed by atoms with Gasteiger partial charge in [0.15, 0.2) is 5.78 Å². The van der Waals surface area contributed by atoms with Crippen LogP contribution in [0.15, 0.2) is 78.2 Å². The molecular weight excluding hydrogens is 300 g/mol. The van der Waals surface area contributed by atoms with E-state index in [1.54, 1.807) is 17.4 Å². The average Bonchev–Trinajstić information content (AvgIpc) is 3.07. The van der Waals surface area contributed by atoms with Crippen LogP contribution in [0.5, 0.6) is 0 Å². The lowest BCUT2D eigenvalue weighted by atomic mass is 10.1. The number of fused-ring (bicyclic) bond motifs is 3. The Hall–Kier alpha value is -2.71. The van der Waals surface area contributed by atoms with Crippen molar-refractivity contribution in [2.24, 2.45) is 0 Å². The zero-order valence-corrected chi connectivity index (χ0v) is 13.2. The average molecular weight is 314 g/mol. The van der Waals surface area contributed by atoms with Gasteiger partial charge in [-0.1, -0.05) is 60.7 Å². The number of hydrogen-bond donors (Lipinski definition) is 0. The van der Waals surface area contributed by atoms with Crippen LogP contribution < -0.4 is 0 Å². The third-order valence-electron chi connectivity index (χ3n) is 3.99. The number of thiophene rings is 1. The molecular formula is C21H14OS. The molecule has 0 fully saturated rings. The lowest BCUT2D eigenvalue weighted by Crippen LogP contribution is -1.92. The zero-order chi connectivity index (χ0) is 15.6. The highest BCUT2D eigenvalue weighted by atomic mass is 32.1. The SMILES string of the molecule is O=C(/C=C/c1c2cccccc-2c2sccc12)c1ccccc1. The first-order chi connectivity index (χ1) is 11.3. The minimum Gasteiger partial charge on any atom is -0.289 e. The largest absolute Gasteiger partial charge is 0.289 e. The molecule has 2 aliphatic rings. The van der Waals surface area contributed by atoms with Gasteiger partial charge >= 0.3 is 0 Å². The molecule has 1 aromatic carbocycles. The summed E-state index contributed by atoms with van der Waals surface area (Å²) in [6, 6.07) is 21.9. The summed E-state index contributed by atoms with van der Waals surface area (Å²) in [6.45, 7) is 0. The van der Waals surface area contributed by atoms with Gasteiger partial charge < -0.3 is 0 Å². The summed E-state index contributed by atoms with van der Waals surface area (Å²) in [4.78, 5) is 12.3. The van der Waals surface area contributed by atoms with E-state index in [2.05, 4.69) is 29.6 Å². The Kier molecular flexibility index (Phi) is 3.52. The number of hydrogen-bond acceptors (Lipinski definition) is 2. The smallest absolute Gasteiger partial charge is 0.185 e. The first-order valence-electron chi connectivity index (χ1n) is 7.50. The molecule has 0 spiro atoms. The van der Waals surface area contributed by atoms with E-state index in [-0.39, 0.29) is 5.78 Å². The van der Waals surface area contributed by atoms with Crippen molar-refractivity contribution in [1.29, 1.82) is 0 Å². The molecule has 0 saturated carbocycles. The Balaban J connectivity index is 1.81. The maximum atomic E-state index is 12.3. The van der Waals surface area contributed by atoms with Crippen LogP contribution in [0, 0.1) is 0 Å². The molecule has 0 bridgehead atoms. The fraction of sp³-hybridized carbons (Fsp3) is 0. The summed E-state index contributed by atoms with van der Waals surface area (Å²) in [5, 5.41) is 3.32. The molecule has 110 valence electrons. The predicted molar refractivity (Wildman–Crippen MR) is 98.3 cm³/mol. The Labute approximate surface area is 138 Å². The molecule has 2 aromatic rings. The maximum Gasteiger partial charge on any atom is 0.185 e. The van der Waals surface area contributed by atoms with Crippen molar-refractivity contribution >= 4 is 33.3 Å². The van der Waals surface area contributed by atoms with E-state index in [9.17, 15) is 4.79 Å². The summed E-state index contributed by atoms with van der Waals surface area (Å²) in [6.07, 6.45) is 3.63. The Morgan fingerprint density at radius 3 is 2.30 bits per heavy atom. The summed E-state index contributed by atoms with van der Waals surface area (Å²) in [5.41, 5.74) is 4.27. The van der Waals surface area contributed by atoms with Crippen LogP contribution in [0.3, 0.4) is 0 Å². The van der Waals surface area contributed by atoms with Crippen LogP contribution >= 0.6 is 11.3 Å². The fourth-order valence-corrected chi connectivity index (χ4v) is 3.84. The molecule has 0 unspecified atom stereocenters.